The Morgan fingerprint density at radius 2 is 1.35 bits per heavy atom. The molecule has 5 rings (SSSR count). The number of thioether (sulfide) groups is 1. The second-order valence-corrected chi connectivity index (χ2v) is 11.3. The van der Waals surface area contributed by atoms with Crippen LogP contribution in [0.15, 0.2) is 111 Å². The van der Waals surface area contributed by atoms with Crippen molar-refractivity contribution in [2.75, 3.05) is 19.0 Å². The third kappa shape index (κ3) is 7.43. The van der Waals surface area contributed by atoms with Crippen LogP contribution in [0, 0.1) is 20.8 Å². The summed E-state index contributed by atoms with van der Waals surface area (Å²) in [5.41, 5.74) is 8.13. The molecule has 0 radical (unpaired) electrons. The molecule has 0 bridgehead atoms. The van der Waals surface area contributed by atoms with E-state index in [-0.39, 0.29) is 6.61 Å². The quantitative estimate of drug-likeness (QED) is 0.114. The van der Waals surface area contributed by atoms with Gasteiger partial charge in [-0.2, -0.15) is 0 Å². The first kappa shape index (κ1) is 29.9. The largest absolute Gasteiger partial charge is 0.497 e. The van der Waals surface area contributed by atoms with Crippen molar-refractivity contribution < 1.29 is 28.2 Å². The van der Waals surface area contributed by atoms with E-state index in [1.165, 1.54) is 0 Å². The highest BCUT2D eigenvalue weighted by atomic mass is 32.2. The van der Waals surface area contributed by atoms with Gasteiger partial charge in [0.2, 0.25) is 0 Å². The van der Waals surface area contributed by atoms with Crippen LogP contribution in [0.25, 0.3) is 28.2 Å². The number of aliphatic carboxylic acids is 1. The van der Waals surface area contributed by atoms with Crippen LogP contribution in [0.3, 0.4) is 0 Å². The summed E-state index contributed by atoms with van der Waals surface area (Å²) < 4.78 is 23.2. The van der Waals surface area contributed by atoms with Crippen LogP contribution >= 0.6 is 11.8 Å². The summed E-state index contributed by atoms with van der Waals surface area (Å²) in [6.45, 7) is 8.08. The number of ether oxygens (including phenoxy) is 2. The Balaban J connectivity index is 1.49. The van der Waals surface area contributed by atoms with Crippen LogP contribution in [0.1, 0.15) is 34.7 Å². The summed E-state index contributed by atoms with van der Waals surface area (Å²) in [5.74, 6) is 2.68. The molecule has 0 spiro atoms. The van der Waals surface area contributed by atoms with Gasteiger partial charge in [0.1, 0.15) is 23.0 Å². The molecule has 6 nitrogen and oxygen atoms in total. The highest BCUT2D eigenvalue weighted by Crippen LogP contribution is 2.35. The van der Waals surface area contributed by atoms with E-state index in [0.29, 0.717) is 18.1 Å². The molecule has 0 saturated heterocycles. The molecule has 5 aromatic rings. The fraction of sp³-hybridized carbons (Fsp3) is 0.194. The van der Waals surface area contributed by atoms with Crippen molar-refractivity contribution >= 4 is 23.3 Å². The lowest BCUT2D eigenvalue weighted by atomic mass is 9.94. The third-order valence-electron chi connectivity index (χ3n) is 6.84. The van der Waals surface area contributed by atoms with E-state index in [1.807, 2.05) is 58.0 Å². The molecule has 0 fully saturated rings. The van der Waals surface area contributed by atoms with Crippen molar-refractivity contribution in [3.8, 4) is 28.4 Å². The molecule has 43 heavy (non-hydrogen) atoms. The van der Waals surface area contributed by atoms with Gasteiger partial charge in [0.15, 0.2) is 6.61 Å². The predicted molar refractivity (Wildman–Crippen MR) is 170 cm³/mol. The topological polar surface area (TPSA) is 82.0 Å². The summed E-state index contributed by atoms with van der Waals surface area (Å²) in [7, 11) is 0. The van der Waals surface area contributed by atoms with Crippen molar-refractivity contribution in [2.45, 2.75) is 32.6 Å². The Labute approximate surface area is 256 Å². The van der Waals surface area contributed by atoms with E-state index in [4.69, 9.17) is 23.4 Å². The highest BCUT2D eigenvalue weighted by molar-refractivity contribution is 7.99. The molecular weight excluding hydrogens is 560 g/mol. The number of hydrogen-bond acceptors (Lipinski definition) is 6. The summed E-state index contributed by atoms with van der Waals surface area (Å²) in [6.07, 6.45) is 3.52. The van der Waals surface area contributed by atoms with Crippen molar-refractivity contribution in [2.24, 2.45) is 0 Å². The van der Waals surface area contributed by atoms with E-state index in [9.17, 15) is 4.79 Å². The number of carboxylic acid groups (broad SMARTS) is 1. The van der Waals surface area contributed by atoms with Gasteiger partial charge in [-0.3, -0.25) is 0 Å². The van der Waals surface area contributed by atoms with Crippen molar-refractivity contribution in [3.63, 3.8) is 0 Å². The summed E-state index contributed by atoms with van der Waals surface area (Å²) in [6, 6.07) is 26.5. The lowest BCUT2D eigenvalue weighted by molar-refractivity contribution is -0.139. The standard InChI is InChI=1S/C36H34O6S/c1-5-39-34(22-43-30-14-15-31(25(4)18-30)42-21-35(37)38)36(28-10-6-26(7-11-28)32-16-23(2)19-40-32)29-12-8-27(9-13-29)33-17-24(3)20-41-33/h6-20H,5,21-22H2,1-4H3,(H,37,38). The predicted octanol–water partition coefficient (Wildman–Crippen LogP) is 9.18. The van der Waals surface area contributed by atoms with Gasteiger partial charge in [-0.15, -0.1) is 11.8 Å². The minimum atomic E-state index is -1.00. The molecule has 0 aliphatic heterocycles. The molecule has 0 saturated carbocycles. The number of hydrogen-bond donors (Lipinski definition) is 1. The number of carboxylic acids is 1. The summed E-state index contributed by atoms with van der Waals surface area (Å²) in [4.78, 5) is 11.9. The van der Waals surface area contributed by atoms with Gasteiger partial charge < -0.3 is 23.4 Å². The lowest BCUT2D eigenvalue weighted by Crippen LogP contribution is -2.10. The van der Waals surface area contributed by atoms with Crippen LogP contribution < -0.4 is 4.74 Å². The van der Waals surface area contributed by atoms with Gasteiger partial charge >= 0.3 is 5.97 Å². The van der Waals surface area contributed by atoms with Crippen LogP contribution in [0.5, 0.6) is 5.75 Å². The minimum Gasteiger partial charge on any atom is -0.497 e. The molecular formula is C36H34O6S. The zero-order chi connectivity index (χ0) is 30.3. The second kappa shape index (κ2) is 13.6. The summed E-state index contributed by atoms with van der Waals surface area (Å²) in [5, 5.41) is 8.95. The van der Waals surface area contributed by atoms with Gasteiger partial charge in [-0.25, -0.2) is 4.79 Å². The number of benzene rings is 3. The molecule has 2 heterocycles. The molecule has 0 aliphatic carbocycles. The van der Waals surface area contributed by atoms with Crippen LogP contribution in [-0.4, -0.2) is 30.0 Å². The van der Waals surface area contributed by atoms with Crippen LogP contribution in [0.2, 0.25) is 0 Å². The average Bonchev–Trinajstić information content (AvgIpc) is 3.64. The number of aryl methyl sites for hydroxylation is 3. The van der Waals surface area contributed by atoms with Gasteiger partial charge in [0.05, 0.1) is 24.9 Å². The van der Waals surface area contributed by atoms with Gasteiger partial charge in [0.25, 0.3) is 0 Å². The van der Waals surface area contributed by atoms with Crippen LogP contribution in [0.4, 0.5) is 0 Å². The van der Waals surface area contributed by atoms with Crippen molar-refractivity contribution in [3.05, 3.63) is 125 Å². The molecule has 7 heteroatoms. The molecule has 0 unspecified atom stereocenters. The Hall–Kier alpha value is -4.62. The number of furan rings is 2. The second-order valence-electron chi connectivity index (χ2n) is 10.3. The first-order valence-corrected chi connectivity index (χ1v) is 15.0. The lowest BCUT2D eigenvalue weighted by Gasteiger charge is -2.18. The van der Waals surface area contributed by atoms with Gasteiger partial charge in [0, 0.05) is 21.6 Å². The molecule has 2 aromatic heterocycles. The molecule has 0 amide bonds. The SMILES string of the molecule is CCOC(CSc1ccc(OCC(=O)O)c(C)c1)=C(c1ccc(-c2cc(C)co2)cc1)c1ccc(-c2cc(C)co2)cc1. The molecule has 3 aromatic carbocycles. The normalized spacial score (nSPS) is 10.9. The van der Waals surface area contributed by atoms with Crippen molar-refractivity contribution in [1.29, 1.82) is 0 Å². The smallest absolute Gasteiger partial charge is 0.341 e. The Kier molecular flexibility index (Phi) is 9.42. The van der Waals surface area contributed by atoms with Crippen molar-refractivity contribution in [1.82, 2.24) is 0 Å². The van der Waals surface area contributed by atoms with E-state index >= 15 is 0 Å². The maximum atomic E-state index is 10.9. The maximum Gasteiger partial charge on any atom is 0.341 e. The molecule has 220 valence electrons. The van der Waals surface area contributed by atoms with E-state index in [0.717, 1.165) is 66.7 Å². The zero-order valence-corrected chi connectivity index (χ0v) is 25.5. The minimum absolute atomic E-state index is 0.370. The Morgan fingerprint density at radius 1 is 0.791 bits per heavy atom. The molecule has 0 atom stereocenters. The van der Waals surface area contributed by atoms with E-state index < -0.39 is 5.97 Å². The Bertz CT molecular complexity index is 1640. The van der Waals surface area contributed by atoms with E-state index in [2.05, 4.69) is 48.5 Å². The maximum absolute atomic E-state index is 10.9. The first-order chi connectivity index (χ1) is 20.8. The molecule has 1 N–H and O–H groups in total. The van der Waals surface area contributed by atoms with Crippen LogP contribution in [-0.2, 0) is 9.53 Å². The third-order valence-corrected chi connectivity index (χ3v) is 7.84. The zero-order valence-electron chi connectivity index (χ0n) is 24.7. The molecule has 0 aliphatic rings. The Morgan fingerprint density at radius 3 is 1.79 bits per heavy atom. The number of carbonyl (C=O) groups is 1. The fourth-order valence-corrected chi connectivity index (χ4v) is 5.73. The van der Waals surface area contributed by atoms with Gasteiger partial charge in [-0.05, 0) is 85.8 Å². The average molecular weight is 595 g/mol. The van der Waals surface area contributed by atoms with Gasteiger partial charge in [-0.1, -0.05) is 48.5 Å². The first-order valence-electron chi connectivity index (χ1n) is 14.1. The summed E-state index contributed by atoms with van der Waals surface area (Å²) >= 11 is 1.65. The van der Waals surface area contributed by atoms with E-state index in [1.54, 1.807) is 24.3 Å². The highest BCUT2D eigenvalue weighted by Gasteiger charge is 2.16. The fourth-order valence-electron chi connectivity index (χ4n) is 4.78. The number of rotatable bonds is 12. The monoisotopic (exact) mass is 594 g/mol.